The fourth-order valence-corrected chi connectivity index (χ4v) is 5.09. The molecule has 1 N–H and O–H groups in total. The molecule has 0 fully saturated rings. The molecule has 2 aromatic carbocycles. The van der Waals surface area contributed by atoms with Crippen LogP contribution < -0.4 is 16.0 Å². The quantitative estimate of drug-likeness (QED) is 0.487. The molecule has 8 nitrogen and oxygen atoms in total. The second kappa shape index (κ2) is 8.16. The van der Waals surface area contributed by atoms with Crippen molar-refractivity contribution in [2.45, 2.75) is 32.4 Å². The smallest absolute Gasteiger partial charge is 0.331 e. The van der Waals surface area contributed by atoms with Crippen molar-refractivity contribution in [2.24, 2.45) is 14.1 Å². The molecular formula is C27H29N3O5. The Morgan fingerprint density at radius 2 is 1.80 bits per heavy atom. The summed E-state index contributed by atoms with van der Waals surface area (Å²) in [6.45, 7) is 6.75. The molecule has 2 aromatic heterocycles. The molecular weight excluding hydrogens is 446 g/mol. The standard InChI is InChI=1S/C27H29N3O5/c1-6-34-19-14-17(12-13-18(19)31)24-23-22-20(25(32)29(5)26(33)28(22)4)21(16-10-8-7-9-11-16)30(23)27(2,3)15-35-24/h7-14,24,31H,6,15H2,1-5H3/t24-/m0/s1. The highest BCUT2D eigenvalue weighted by Gasteiger charge is 2.40. The third-order valence-electron chi connectivity index (χ3n) is 6.70. The lowest BCUT2D eigenvalue weighted by Crippen LogP contribution is -2.40. The number of phenolic OH excluding ortho intramolecular Hbond substituents is 1. The SMILES string of the molecule is CCOc1cc([C@@H]2OCC(C)(C)n3c(-c4ccccc4)c4c(=O)n(C)c(=O)n(C)c4c32)ccc1O. The topological polar surface area (TPSA) is 87.6 Å². The summed E-state index contributed by atoms with van der Waals surface area (Å²) in [5.74, 6) is 0.396. The van der Waals surface area contributed by atoms with Crippen LogP contribution in [0.2, 0.25) is 0 Å². The van der Waals surface area contributed by atoms with E-state index in [4.69, 9.17) is 9.47 Å². The zero-order valence-electron chi connectivity index (χ0n) is 20.5. The monoisotopic (exact) mass is 475 g/mol. The van der Waals surface area contributed by atoms with Gasteiger partial charge in [-0.05, 0) is 44.0 Å². The number of nitrogens with zero attached hydrogens (tertiary/aromatic N) is 3. The highest BCUT2D eigenvalue weighted by molar-refractivity contribution is 5.96. The van der Waals surface area contributed by atoms with E-state index >= 15 is 0 Å². The van der Waals surface area contributed by atoms with Crippen molar-refractivity contribution in [1.82, 2.24) is 13.7 Å². The van der Waals surface area contributed by atoms with E-state index in [1.165, 1.54) is 11.6 Å². The number of aromatic hydroxyl groups is 1. The van der Waals surface area contributed by atoms with Gasteiger partial charge >= 0.3 is 5.69 Å². The Labute approximate surface area is 202 Å². The molecule has 0 saturated carbocycles. The molecule has 35 heavy (non-hydrogen) atoms. The number of aryl methyl sites for hydroxylation is 1. The Hall–Kier alpha value is -3.78. The molecule has 0 spiro atoms. The summed E-state index contributed by atoms with van der Waals surface area (Å²) >= 11 is 0. The number of fused-ring (bicyclic) bond motifs is 3. The third kappa shape index (κ3) is 3.39. The van der Waals surface area contributed by atoms with Crippen LogP contribution in [-0.2, 0) is 24.4 Å². The van der Waals surface area contributed by atoms with Crippen molar-refractivity contribution in [3.8, 4) is 22.8 Å². The van der Waals surface area contributed by atoms with Gasteiger partial charge < -0.3 is 19.1 Å². The molecule has 1 aliphatic rings. The summed E-state index contributed by atoms with van der Waals surface area (Å²) in [4.78, 5) is 26.6. The van der Waals surface area contributed by atoms with Gasteiger partial charge in [0.1, 0.15) is 6.10 Å². The molecule has 0 unspecified atom stereocenters. The van der Waals surface area contributed by atoms with Crippen LogP contribution in [0.4, 0.5) is 0 Å². The second-order valence-electron chi connectivity index (χ2n) is 9.53. The first kappa shape index (κ1) is 23.0. The van der Waals surface area contributed by atoms with Crippen molar-refractivity contribution >= 4 is 10.9 Å². The minimum Gasteiger partial charge on any atom is -0.504 e. The number of hydrogen-bond donors (Lipinski definition) is 1. The maximum Gasteiger partial charge on any atom is 0.331 e. The van der Waals surface area contributed by atoms with Crippen LogP contribution in [0.15, 0.2) is 58.1 Å². The van der Waals surface area contributed by atoms with E-state index in [2.05, 4.69) is 18.4 Å². The van der Waals surface area contributed by atoms with E-state index in [-0.39, 0.29) is 11.3 Å². The summed E-state index contributed by atoms with van der Waals surface area (Å²) in [5.41, 5.74) is 2.41. The van der Waals surface area contributed by atoms with E-state index in [0.717, 1.165) is 27.1 Å². The molecule has 8 heteroatoms. The highest BCUT2D eigenvalue weighted by Crippen LogP contribution is 2.46. The zero-order chi connectivity index (χ0) is 25.1. The number of phenols is 1. The minimum absolute atomic E-state index is 0.0400. The number of benzene rings is 2. The summed E-state index contributed by atoms with van der Waals surface area (Å²) in [7, 11) is 3.18. The molecule has 0 saturated heterocycles. The van der Waals surface area contributed by atoms with Crippen LogP contribution in [-0.4, -0.2) is 32.0 Å². The molecule has 0 amide bonds. The average molecular weight is 476 g/mol. The Morgan fingerprint density at radius 1 is 1.09 bits per heavy atom. The molecule has 0 bridgehead atoms. The lowest BCUT2D eigenvalue weighted by molar-refractivity contribution is -0.00717. The lowest BCUT2D eigenvalue weighted by Gasteiger charge is -2.39. The lowest BCUT2D eigenvalue weighted by atomic mass is 9.97. The molecule has 1 atom stereocenters. The second-order valence-corrected chi connectivity index (χ2v) is 9.53. The van der Waals surface area contributed by atoms with Crippen LogP contribution in [0.1, 0.15) is 38.1 Å². The largest absolute Gasteiger partial charge is 0.504 e. The van der Waals surface area contributed by atoms with Crippen molar-refractivity contribution in [3.63, 3.8) is 0 Å². The van der Waals surface area contributed by atoms with E-state index in [9.17, 15) is 14.7 Å². The summed E-state index contributed by atoms with van der Waals surface area (Å²) < 4.78 is 16.9. The Bertz CT molecular complexity index is 1560. The van der Waals surface area contributed by atoms with Gasteiger partial charge in [0.05, 0.1) is 41.0 Å². The van der Waals surface area contributed by atoms with E-state index in [0.29, 0.717) is 29.9 Å². The molecule has 182 valence electrons. The van der Waals surface area contributed by atoms with Gasteiger partial charge in [-0.3, -0.25) is 13.9 Å². The van der Waals surface area contributed by atoms with Crippen molar-refractivity contribution in [3.05, 3.63) is 80.6 Å². The Morgan fingerprint density at radius 3 is 2.49 bits per heavy atom. The Balaban J connectivity index is 1.95. The number of rotatable bonds is 4. The van der Waals surface area contributed by atoms with Crippen LogP contribution in [0.25, 0.3) is 22.2 Å². The molecule has 5 rings (SSSR count). The van der Waals surface area contributed by atoms with Gasteiger partial charge in [0.2, 0.25) is 0 Å². The van der Waals surface area contributed by atoms with Crippen LogP contribution in [0.5, 0.6) is 11.5 Å². The average Bonchev–Trinajstić information content (AvgIpc) is 3.21. The van der Waals surface area contributed by atoms with Crippen LogP contribution >= 0.6 is 0 Å². The van der Waals surface area contributed by atoms with E-state index in [1.807, 2.05) is 37.3 Å². The normalized spacial score (nSPS) is 16.9. The maximum absolute atomic E-state index is 13.6. The predicted molar refractivity (Wildman–Crippen MR) is 134 cm³/mol. The molecule has 0 radical (unpaired) electrons. The van der Waals surface area contributed by atoms with Gasteiger partial charge in [-0.1, -0.05) is 36.4 Å². The van der Waals surface area contributed by atoms with Crippen LogP contribution in [0.3, 0.4) is 0 Å². The fourth-order valence-electron chi connectivity index (χ4n) is 5.09. The van der Waals surface area contributed by atoms with Crippen LogP contribution in [0, 0.1) is 0 Å². The molecule has 1 aliphatic heterocycles. The third-order valence-corrected chi connectivity index (χ3v) is 6.70. The molecule has 0 aliphatic carbocycles. The number of aromatic nitrogens is 3. The molecule has 3 heterocycles. The minimum atomic E-state index is -0.583. The first-order valence-electron chi connectivity index (χ1n) is 11.6. The summed E-state index contributed by atoms with van der Waals surface area (Å²) in [5, 5.41) is 10.7. The first-order chi connectivity index (χ1) is 16.7. The highest BCUT2D eigenvalue weighted by atomic mass is 16.5. The zero-order valence-corrected chi connectivity index (χ0v) is 20.5. The van der Waals surface area contributed by atoms with E-state index in [1.54, 1.807) is 25.2 Å². The predicted octanol–water partition coefficient (Wildman–Crippen LogP) is 3.66. The van der Waals surface area contributed by atoms with Gasteiger partial charge in [-0.2, -0.15) is 0 Å². The van der Waals surface area contributed by atoms with E-state index < -0.39 is 17.3 Å². The first-order valence-corrected chi connectivity index (χ1v) is 11.6. The van der Waals surface area contributed by atoms with Gasteiger partial charge in [-0.15, -0.1) is 0 Å². The summed E-state index contributed by atoms with van der Waals surface area (Å²) in [6, 6.07) is 14.9. The number of hydrogen-bond acceptors (Lipinski definition) is 5. The Kier molecular flexibility index (Phi) is 5.36. The number of ether oxygens (including phenoxy) is 2. The van der Waals surface area contributed by atoms with Gasteiger partial charge in [0.15, 0.2) is 11.5 Å². The van der Waals surface area contributed by atoms with Crippen molar-refractivity contribution < 1.29 is 14.6 Å². The maximum atomic E-state index is 13.6. The fraction of sp³-hybridized carbons (Fsp3) is 0.333. The van der Waals surface area contributed by atoms with Gasteiger partial charge in [-0.25, -0.2) is 4.79 Å². The molecule has 4 aromatic rings. The van der Waals surface area contributed by atoms with Crippen molar-refractivity contribution in [1.29, 1.82) is 0 Å². The van der Waals surface area contributed by atoms with Gasteiger partial charge in [0.25, 0.3) is 5.56 Å². The van der Waals surface area contributed by atoms with Gasteiger partial charge in [0, 0.05) is 14.1 Å². The van der Waals surface area contributed by atoms with Crippen molar-refractivity contribution in [2.75, 3.05) is 13.2 Å². The summed E-state index contributed by atoms with van der Waals surface area (Å²) in [6.07, 6.45) is -0.583.